The van der Waals surface area contributed by atoms with Gasteiger partial charge in [-0.2, -0.15) is 0 Å². The van der Waals surface area contributed by atoms with E-state index in [0.29, 0.717) is 17.5 Å². The Labute approximate surface area is 292 Å². The lowest BCUT2D eigenvalue weighted by Crippen LogP contribution is -2.00. The molecule has 0 bridgehead atoms. The smallest absolute Gasteiger partial charge is 0.165 e. The van der Waals surface area contributed by atoms with Crippen LogP contribution in [0.15, 0.2) is 170 Å². The molecule has 5 heteroatoms. The van der Waals surface area contributed by atoms with Crippen molar-refractivity contribution >= 4 is 53.3 Å². The van der Waals surface area contributed by atoms with E-state index in [0.717, 1.165) is 32.5 Å². The molecule has 234 valence electrons. The molecule has 0 aliphatic heterocycles. The first-order chi connectivity index (χ1) is 24.8. The number of para-hydroxylation sites is 2. The number of rotatable bonds is 5. The number of benzene rings is 7. The van der Waals surface area contributed by atoms with E-state index in [2.05, 4.69) is 150 Å². The quantitative estimate of drug-likeness (QED) is 0.185. The van der Waals surface area contributed by atoms with Gasteiger partial charge in [-0.15, -0.1) is 11.3 Å². The van der Waals surface area contributed by atoms with Crippen molar-refractivity contribution in [3.05, 3.63) is 170 Å². The summed E-state index contributed by atoms with van der Waals surface area (Å²) in [5.41, 5.74) is 8.75. The van der Waals surface area contributed by atoms with Crippen molar-refractivity contribution in [1.29, 1.82) is 0 Å². The predicted octanol–water partition coefficient (Wildman–Crippen LogP) is 12.0. The van der Waals surface area contributed by atoms with E-state index in [9.17, 15) is 0 Å². The van der Waals surface area contributed by atoms with Gasteiger partial charge in [-0.1, -0.05) is 140 Å². The lowest BCUT2D eigenvalue weighted by Gasteiger charge is -2.10. The molecule has 10 rings (SSSR count). The second kappa shape index (κ2) is 11.6. The average Bonchev–Trinajstić information content (AvgIpc) is 3.75. The molecule has 3 aromatic heterocycles. The van der Waals surface area contributed by atoms with Gasteiger partial charge in [0.05, 0.1) is 21.4 Å². The van der Waals surface area contributed by atoms with Crippen LogP contribution in [0.3, 0.4) is 0 Å². The van der Waals surface area contributed by atoms with Crippen molar-refractivity contribution in [2.24, 2.45) is 0 Å². The molecule has 0 fully saturated rings. The second-order valence-electron chi connectivity index (χ2n) is 12.4. The maximum Gasteiger partial charge on any atom is 0.165 e. The van der Waals surface area contributed by atoms with Crippen molar-refractivity contribution < 1.29 is 0 Å². The summed E-state index contributed by atoms with van der Waals surface area (Å²) in [5, 5.41) is 4.92. The molecule has 50 heavy (non-hydrogen) atoms. The van der Waals surface area contributed by atoms with Gasteiger partial charge >= 0.3 is 0 Å². The summed E-state index contributed by atoms with van der Waals surface area (Å²) in [6.45, 7) is 0. The Kier molecular flexibility index (Phi) is 6.64. The maximum absolute atomic E-state index is 5.19. The van der Waals surface area contributed by atoms with Crippen LogP contribution in [-0.4, -0.2) is 19.5 Å². The van der Waals surface area contributed by atoms with Gasteiger partial charge in [0.15, 0.2) is 17.5 Å². The zero-order valence-corrected chi connectivity index (χ0v) is 27.7. The van der Waals surface area contributed by atoms with Crippen LogP contribution in [0, 0.1) is 0 Å². The van der Waals surface area contributed by atoms with E-state index in [-0.39, 0.29) is 0 Å². The van der Waals surface area contributed by atoms with E-state index in [4.69, 9.17) is 15.0 Å². The summed E-state index contributed by atoms with van der Waals surface area (Å²) in [4.78, 5) is 15.4. The fourth-order valence-corrected chi connectivity index (χ4v) is 8.46. The van der Waals surface area contributed by atoms with E-state index >= 15 is 0 Å². The van der Waals surface area contributed by atoms with Gasteiger partial charge in [-0.25, -0.2) is 15.0 Å². The van der Waals surface area contributed by atoms with E-state index in [1.807, 2.05) is 24.3 Å². The number of fused-ring (bicyclic) bond motifs is 6. The highest BCUT2D eigenvalue weighted by Crippen LogP contribution is 2.44. The standard InChI is InChI=1S/C45H28N4S/c1-3-14-29(15-4-1)31-18-11-19-32(28-31)44-46-43(30-16-5-2-6-17-30)47-45(48-44)37-24-12-22-35-36-23-13-27-40(42(36)50-41(35)37)49-38-25-9-7-20-33(38)34-21-8-10-26-39(34)49/h1-28H. The van der Waals surface area contributed by atoms with Crippen LogP contribution < -0.4 is 0 Å². The monoisotopic (exact) mass is 656 g/mol. The van der Waals surface area contributed by atoms with Crippen LogP contribution in [-0.2, 0) is 0 Å². The van der Waals surface area contributed by atoms with Gasteiger partial charge in [-0.05, 0) is 41.5 Å². The third-order valence-electron chi connectivity index (χ3n) is 9.46. The van der Waals surface area contributed by atoms with Crippen molar-refractivity contribution in [3.63, 3.8) is 0 Å². The Morgan fingerprint density at radius 3 is 1.58 bits per heavy atom. The SMILES string of the molecule is c1ccc(-c2cccc(-c3nc(-c4ccccc4)nc(-c4cccc5c4sc4c(-n6c7ccccc7c7ccccc76)cccc45)n3)c2)cc1. The molecule has 0 saturated heterocycles. The Morgan fingerprint density at radius 1 is 0.360 bits per heavy atom. The van der Waals surface area contributed by atoms with Gasteiger partial charge in [0.2, 0.25) is 0 Å². The number of hydrogen-bond acceptors (Lipinski definition) is 4. The zero-order chi connectivity index (χ0) is 33.0. The average molecular weight is 657 g/mol. The number of aromatic nitrogens is 4. The predicted molar refractivity (Wildman–Crippen MR) is 209 cm³/mol. The van der Waals surface area contributed by atoms with Crippen molar-refractivity contribution in [1.82, 2.24) is 19.5 Å². The normalized spacial score (nSPS) is 11.6. The molecular weight excluding hydrogens is 629 g/mol. The van der Waals surface area contributed by atoms with E-state index < -0.39 is 0 Å². The molecule has 0 saturated carbocycles. The van der Waals surface area contributed by atoms with Gasteiger partial charge in [0.25, 0.3) is 0 Å². The summed E-state index contributed by atoms with van der Waals surface area (Å²) in [6.07, 6.45) is 0. The van der Waals surface area contributed by atoms with Gasteiger partial charge in [0, 0.05) is 42.9 Å². The molecule has 0 aliphatic carbocycles. The molecule has 0 N–H and O–H groups in total. The zero-order valence-electron chi connectivity index (χ0n) is 26.9. The largest absolute Gasteiger partial charge is 0.308 e. The molecule has 0 unspecified atom stereocenters. The first-order valence-corrected chi connectivity index (χ1v) is 17.5. The van der Waals surface area contributed by atoms with Gasteiger partial charge in [-0.3, -0.25) is 0 Å². The van der Waals surface area contributed by atoms with E-state index in [1.165, 1.54) is 43.0 Å². The van der Waals surface area contributed by atoms with Crippen LogP contribution in [0.4, 0.5) is 0 Å². The van der Waals surface area contributed by atoms with Crippen LogP contribution in [0.1, 0.15) is 0 Å². The van der Waals surface area contributed by atoms with E-state index in [1.54, 1.807) is 11.3 Å². The molecule has 3 heterocycles. The number of thiophene rings is 1. The molecule has 10 aromatic rings. The summed E-state index contributed by atoms with van der Waals surface area (Å²) in [6, 6.07) is 59.6. The van der Waals surface area contributed by atoms with Gasteiger partial charge < -0.3 is 4.57 Å². The first-order valence-electron chi connectivity index (χ1n) is 16.7. The lowest BCUT2D eigenvalue weighted by molar-refractivity contribution is 1.08. The highest BCUT2D eigenvalue weighted by molar-refractivity contribution is 7.26. The Hall–Kier alpha value is -6.43. The third-order valence-corrected chi connectivity index (χ3v) is 10.7. The van der Waals surface area contributed by atoms with Crippen LogP contribution >= 0.6 is 11.3 Å². The van der Waals surface area contributed by atoms with Crippen molar-refractivity contribution in [2.45, 2.75) is 0 Å². The van der Waals surface area contributed by atoms with Crippen LogP contribution in [0.5, 0.6) is 0 Å². The van der Waals surface area contributed by atoms with Gasteiger partial charge in [0.1, 0.15) is 0 Å². The summed E-state index contributed by atoms with van der Waals surface area (Å²) >= 11 is 1.81. The Morgan fingerprint density at radius 2 is 0.860 bits per heavy atom. The molecule has 0 atom stereocenters. The summed E-state index contributed by atoms with van der Waals surface area (Å²) in [7, 11) is 0. The Balaban J connectivity index is 1.20. The minimum atomic E-state index is 0.649. The highest BCUT2D eigenvalue weighted by atomic mass is 32.1. The molecule has 0 amide bonds. The fourth-order valence-electron chi connectivity index (χ4n) is 7.15. The molecule has 4 nitrogen and oxygen atoms in total. The second-order valence-corrected chi connectivity index (χ2v) is 13.4. The number of hydrogen-bond donors (Lipinski definition) is 0. The van der Waals surface area contributed by atoms with Crippen molar-refractivity contribution in [3.8, 4) is 51.0 Å². The summed E-state index contributed by atoms with van der Waals surface area (Å²) in [5.74, 6) is 1.96. The molecule has 7 aromatic carbocycles. The third kappa shape index (κ3) is 4.63. The topological polar surface area (TPSA) is 43.6 Å². The molecular formula is C45H28N4S. The minimum Gasteiger partial charge on any atom is -0.308 e. The molecule has 0 spiro atoms. The summed E-state index contributed by atoms with van der Waals surface area (Å²) < 4.78 is 4.80. The lowest BCUT2D eigenvalue weighted by atomic mass is 10.0. The maximum atomic E-state index is 5.19. The molecule has 0 aliphatic rings. The fraction of sp³-hybridized carbons (Fsp3) is 0. The van der Waals surface area contributed by atoms with Crippen LogP contribution in [0.2, 0.25) is 0 Å². The van der Waals surface area contributed by atoms with Crippen molar-refractivity contribution in [2.75, 3.05) is 0 Å². The van der Waals surface area contributed by atoms with Crippen LogP contribution in [0.25, 0.3) is 93.0 Å². The minimum absolute atomic E-state index is 0.649. The molecule has 0 radical (unpaired) electrons. The first kappa shape index (κ1) is 28.6. The highest BCUT2D eigenvalue weighted by Gasteiger charge is 2.20. The number of nitrogens with zero attached hydrogens (tertiary/aromatic N) is 4. The Bertz CT molecular complexity index is 2820.